The van der Waals surface area contributed by atoms with Crippen LogP contribution < -0.4 is 15.4 Å². The predicted molar refractivity (Wildman–Crippen MR) is 133 cm³/mol. The lowest BCUT2D eigenvalue weighted by atomic mass is 9.95. The van der Waals surface area contributed by atoms with Gasteiger partial charge in [-0.15, -0.1) is 0 Å². The number of amides is 2. The highest BCUT2D eigenvalue weighted by molar-refractivity contribution is 6.05. The molecule has 0 atom stereocenters. The zero-order valence-electron chi connectivity index (χ0n) is 19.6. The molecule has 0 saturated heterocycles. The number of carbonyl (C=O) groups excluding carboxylic acids is 2. The summed E-state index contributed by atoms with van der Waals surface area (Å²) in [4.78, 5) is 29.2. The third kappa shape index (κ3) is 4.93. The van der Waals surface area contributed by atoms with E-state index in [0.717, 1.165) is 16.5 Å². The van der Waals surface area contributed by atoms with Crippen LogP contribution in [0, 0.1) is 6.92 Å². The fourth-order valence-electron chi connectivity index (χ4n) is 3.95. The van der Waals surface area contributed by atoms with Gasteiger partial charge in [0.15, 0.2) is 0 Å². The lowest BCUT2D eigenvalue weighted by molar-refractivity contribution is -0.115. The second-order valence-corrected chi connectivity index (χ2v) is 8.46. The van der Waals surface area contributed by atoms with E-state index in [1.54, 1.807) is 42.8 Å². The van der Waals surface area contributed by atoms with Crippen LogP contribution in [0.4, 0.5) is 11.4 Å². The Bertz CT molecular complexity index is 1340. The van der Waals surface area contributed by atoms with E-state index >= 15 is 0 Å². The monoisotopic (exact) mass is 457 g/mol. The quantitative estimate of drug-likeness (QED) is 0.371. The number of hydrogen-bond donors (Lipinski definition) is 2. The van der Waals surface area contributed by atoms with Crippen molar-refractivity contribution < 1.29 is 18.7 Å². The number of rotatable bonds is 7. The number of aryl methyl sites for hydroxylation is 1. The lowest BCUT2D eigenvalue weighted by Crippen LogP contribution is -2.15. The van der Waals surface area contributed by atoms with Gasteiger partial charge < -0.3 is 19.8 Å². The predicted octanol–water partition coefficient (Wildman–Crippen LogP) is 5.70. The summed E-state index contributed by atoms with van der Waals surface area (Å²) >= 11 is 0. The van der Waals surface area contributed by atoms with Crippen molar-refractivity contribution in [2.45, 2.75) is 33.1 Å². The van der Waals surface area contributed by atoms with Crippen molar-refractivity contribution in [3.63, 3.8) is 0 Å². The Labute approximate surface area is 198 Å². The molecule has 2 aromatic heterocycles. The first-order valence-corrected chi connectivity index (χ1v) is 11.1. The van der Waals surface area contributed by atoms with Crippen molar-refractivity contribution in [3.8, 4) is 5.75 Å². The van der Waals surface area contributed by atoms with E-state index in [0.29, 0.717) is 28.6 Å². The molecular weight excluding hydrogens is 430 g/mol. The molecule has 0 aliphatic heterocycles. The Kier molecular flexibility index (Phi) is 6.63. The van der Waals surface area contributed by atoms with E-state index < -0.39 is 0 Å². The molecule has 2 amide bonds. The number of nitrogens with zero attached hydrogens (tertiary/aromatic N) is 1. The van der Waals surface area contributed by atoms with Gasteiger partial charge >= 0.3 is 0 Å². The number of fused-ring (bicyclic) bond motifs is 1. The van der Waals surface area contributed by atoms with Crippen LogP contribution in [0.25, 0.3) is 11.0 Å². The molecule has 4 rings (SSSR count). The molecule has 0 unspecified atom stereocenters. The number of nitrogens with one attached hydrogen (secondary N) is 2. The Hall–Kier alpha value is -4.13. The minimum Gasteiger partial charge on any atom is -0.494 e. The van der Waals surface area contributed by atoms with Crippen molar-refractivity contribution in [1.82, 2.24) is 4.98 Å². The van der Waals surface area contributed by atoms with E-state index in [1.807, 2.05) is 6.07 Å². The van der Waals surface area contributed by atoms with Gasteiger partial charge in [-0.25, -0.2) is 0 Å². The molecule has 4 aromatic rings. The zero-order chi connectivity index (χ0) is 24.2. The summed E-state index contributed by atoms with van der Waals surface area (Å²) < 4.78 is 11.1. The maximum atomic E-state index is 12.8. The zero-order valence-corrected chi connectivity index (χ0v) is 19.6. The smallest absolute Gasteiger partial charge is 0.257 e. The fraction of sp³-hybridized carbons (Fsp3) is 0.222. The molecule has 7 heteroatoms. The van der Waals surface area contributed by atoms with Gasteiger partial charge in [0, 0.05) is 35.1 Å². The van der Waals surface area contributed by atoms with Crippen LogP contribution in [0.5, 0.6) is 5.75 Å². The van der Waals surface area contributed by atoms with Crippen LogP contribution >= 0.6 is 0 Å². The Morgan fingerprint density at radius 3 is 2.65 bits per heavy atom. The van der Waals surface area contributed by atoms with Crippen molar-refractivity contribution in [2.24, 2.45) is 0 Å². The molecule has 7 nitrogen and oxygen atoms in total. The van der Waals surface area contributed by atoms with Crippen molar-refractivity contribution in [1.29, 1.82) is 0 Å². The first-order chi connectivity index (χ1) is 16.4. The van der Waals surface area contributed by atoms with Gasteiger partial charge in [-0.3, -0.25) is 14.6 Å². The summed E-state index contributed by atoms with van der Waals surface area (Å²) in [5.74, 6) is 0.334. The van der Waals surface area contributed by atoms with Crippen LogP contribution in [-0.4, -0.2) is 23.9 Å². The van der Waals surface area contributed by atoms with E-state index in [4.69, 9.17) is 9.15 Å². The highest BCUT2D eigenvalue weighted by Gasteiger charge is 2.15. The average molecular weight is 458 g/mol. The third-order valence-electron chi connectivity index (χ3n) is 5.67. The first kappa shape index (κ1) is 23.0. The Balaban J connectivity index is 1.48. The summed E-state index contributed by atoms with van der Waals surface area (Å²) in [5.41, 5.74) is 5.52. The van der Waals surface area contributed by atoms with Crippen molar-refractivity contribution >= 4 is 34.2 Å². The van der Waals surface area contributed by atoms with Crippen LogP contribution in [0.1, 0.15) is 46.8 Å². The van der Waals surface area contributed by atoms with Crippen LogP contribution in [0.15, 0.2) is 65.5 Å². The average Bonchev–Trinajstić information content (AvgIpc) is 3.20. The molecule has 174 valence electrons. The highest BCUT2D eigenvalue weighted by Crippen LogP contribution is 2.31. The van der Waals surface area contributed by atoms with Gasteiger partial charge in [0.05, 0.1) is 31.0 Å². The van der Waals surface area contributed by atoms with Gasteiger partial charge in [-0.2, -0.15) is 0 Å². The largest absolute Gasteiger partial charge is 0.494 e. The molecule has 2 N–H and O–H groups in total. The minimum atomic E-state index is -0.300. The van der Waals surface area contributed by atoms with E-state index in [2.05, 4.69) is 42.5 Å². The summed E-state index contributed by atoms with van der Waals surface area (Å²) in [6.45, 7) is 6.37. The van der Waals surface area contributed by atoms with Gasteiger partial charge in [0.2, 0.25) is 5.91 Å². The number of carbonyl (C=O) groups is 2. The van der Waals surface area contributed by atoms with Gasteiger partial charge in [0.1, 0.15) is 11.3 Å². The van der Waals surface area contributed by atoms with Gasteiger partial charge in [0.25, 0.3) is 5.91 Å². The van der Waals surface area contributed by atoms with Crippen molar-refractivity contribution in [2.75, 3.05) is 17.7 Å². The highest BCUT2D eigenvalue weighted by atomic mass is 16.5. The second kappa shape index (κ2) is 9.79. The van der Waals surface area contributed by atoms with E-state index in [1.165, 1.54) is 24.4 Å². The maximum Gasteiger partial charge on any atom is 0.257 e. The molecule has 0 radical (unpaired) electrons. The normalized spacial score (nSPS) is 11.0. The first-order valence-electron chi connectivity index (χ1n) is 11.1. The number of furan rings is 1. The minimum absolute atomic E-state index is 0.176. The number of benzene rings is 2. The van der Waals surface area contributed by atoms with Crippen LogP contribution in [0.2, 0.25) is 0 Å². The number of ether oxygens (including phenoxy) is 1. The maximum absolute atomic E-state index is 12.8. The summed E-state index contributed by atoms with van der Waals surface area (Å²) in [6, 6.07) is 12.6. The molecule has 0 saturated carbocycles. The topological polar surface area (TPSA) is 93.5 Å². The summed E-state index contributed by atoms with van der Waals surface area (Å²) in [7, 11) is 1.51. The molecule has 2 aromatic carbocycles. The van der Waals surface area contributed by atoms with Crippen LogP contribution in [0.3, 0.4) is 0 Å². The second-order valence-electron chi connectivity index (χ2n) is 8.46. The summed E-state index contributed by atoms with van der Waals surface area (Å²) in [5, 5.41) is 6.66. The SMILES string of the molecule is COc1cc(NC(=O)Cc2coc3cc(C)c(C(C)C)cc23)ccc1NC(=O)c1cccnc1. The molecular formula is C27H27N3O4. The molecule has 0 spiro atoms. The van der Waals surface area contributed by atoms with Gasteiger partial charge in [-0.1, -0.05) is 13.8 Å². The third-order valence-corrected chi connectivity index (χ3v) is 5.67. The standard InChI is InChI=1S/C27H27N3O4/c1-16(2)21-13-22-19(15-34-24(22)10-17(21)3)11-26(31)29-20-7-8-23(25(12-20)33-4)30-27(32)18-6-5-9-28-14-18/h5-10,12-16H,11H2,1-4H3,(H,29,31)(H,30,32). The number of pyridine rings is 1. The van der Waals surface area contributed by atoms with Gasteiger partial charge in [-0.05, 0) is 60.4 Å². The Morgan fingerprint density at radius 2 is 1.94 bits per heavy atom. The fourth-order valence-corrected chi connectivity index (χ4v) is 3.95. The number of methoxy groups -OCH3 is 1. The Morgan fingerprint density at radius 1 is 1.12 bits per heavy atom. The summed E-state index contributed by atoms with van der Waals surface area (Å²) in [6.07, 6.45) is 4.91. The molecule has 2 heterocycles. The number of aromatic nitrogens is 1. The molecule has 34 heavy (non-hydrogen) atoms. The van der Waals surface area contributed by atoms with E-state index in [-0.39, 0.29) is 18.2 Å². The number of hydrogen-bond acceptors (Lipinski definition) is 5. The molecule has 0 bridgehead atoms. The molecule has 0 fully saturated rings. The molecule has 0 aliphatic rings. The van der Waals surface area contributed by atoms with Crippen molar-refractivity contribution in [3.05, 3.63) is 83.4 Å². The molecule has 0 aliphatic carbocycles. The lowest BCUT2D eigenvalue weighted by Gasteiger charge is -2.13. The number of anilines is 2. The van der Waals surface area contributed by atoms with E-state index in [9.17, 15) is 9.59 Å². The van der Waals surface area contributed by atoms with Crippen LogP contribution in [-0.2, 0) is 11.2 Å².